The van der Waals surface area contributed by atoms with E-state index in [4.69, 9.17) is 5.84 Å². The minimum absolute atomic E-state index is 0.0763. The van der Waals surface area contributed by atoms with Gasteiger partial charge in [-0.1, -0.05) is 39.0 Å². The Kier molecular flexibility index (Phi) is 8.42. The fraction of sp³-hybridized carbons (Fsp3) is 0.500. The minimum Gasteiger partial charge on any atom is -0.508 e. The predicted molar refractivity (Wildman–Crippen MR) is 90.0 cm³/mol. The number of phenols is 2. The summed E-state index contributed by atoms with van der Waals surface area (Å²) in [6, 6.07) is 2.88. The Labute approximate surface area is 141 Å². The number of hydrogen-bond donors (Lipinski definition) is 5. The highest BCUT2D eigenvalue weighted by Gasteiger charge is 2.14. The fourth-order valence-electron chi connectivity index (χ4n) is 2.13. The number of rotatable bonds is 8. The summed E-state index contributed by atoms with van der Waals surface area (Å²) in [6.07, 6.45) is 6.47. The summed E-state index contributed by atoms with van der Waals surface area (Å²) in [5.74, 6) is 4.35. The molecule has 8 heteroatoms. The van der Waals surface area contributed by atoms with Crippen molar-refractivity contribution in [3.8, 4) is 11.5 Å². The van der Waals surface area contributed by atoms with Crippen molar-refractivity contribution in [3.63, 3.8) is 0 Å². The van der Waals surface area contributed by atoms with Crippen LogP contribution >= 0.6 is 0 Å². The first-order chi connectivity index (χ1) is 11.5. The average Bonchev–Trinajstić information content (AvgIpc) is 2.55. The van der Waals surface area contributed by atoms with Gasteiger partial charge < -0.3 is 10.2 Å². The summed E-state index contributed by atoms with van der Waals surface area (Å²) in [4.78, 5) is 23.6. The maximum Gasteiger partial charge on any atom is 0.350 e. The monoisotopic (exact) mass is 338 g/mol. The second kappa shape index (κ2) is 10.3. The molecule has 0 aromatic heterocycles. The van der Waals surface area contributed by atoms with E-state index in [2.05, 4.69) is 17.8 Å². The van der Waals surface area contributed by atoms with Crippen LogP contribution in [0.2, 0.25) is 0 Å². The molecular formula is C16H26N4O4. The van der Waals surface area contributed by atoms with Gasteiger partial charge in [-0.3, -0.25) is 15.2 Å². The predicted octanol–water partition coefficient (Wildman–Crippen LogP) is 1.99. The van der Waals surface area contributed by atoms with Gasteiger partial charge in [-0.2, -0.15) is 0 Å². The van der Waals surface area contributed by atoms with E-state index in [0.29, 0.717) is 6.54 Å². The summed E-state index contributed by atoms with van der Waals surface area (Å²) in [7, 11) is 0. The van der Waals surface area contributed by atoms with E-state index in [1.54, 1.807) is 0 Å². The van der Waals surface area contributed by atoms with Crippen LogP contribution in [0.25, 0.3) is 0 Å². The highest BCUT2D eigenvalue weighted by Crippen LogP contribution is 2.22. The minimum atomic E-state index is -0.714. The first-order valence-corrected chi connectivity index (χ1v) is 8.10. The lowest BCUT2D eigenvalue weighted by molar-refractivity contribution is 0.0927. The molecule has 1 rings (SSSR count). The Hall–Kier alpha value is -2.48. The number of carbonyl (C=O) groups is 2. The van der Waals surface area contributed by atoms with Crippen LogP contribution in [0.4, 0.5) is 4.79 Å². The molecule has 0 saturated carbocycles. The Morgan fingerprint density at radius 2 is 1.75 bits per heavy atom. The van der Waals surface area contributed by atoms with Crippen LogP contribution in [-0.4, -0.2) is 33.7 Å². The molecule has 0 atom stereocenters. The van der Waals surface area contributed by atoms with Crippen molar-refractivity contribution in [2.45, 2.75) is 45.4 Å². The number of urea groups is 1. The molecule has 6 N–H and O–H groups in total. The number of hydrogen-bond acceptors (Lipinski definition) is 5. The van der Waals surface area contributed by atoms with E-state index < -0.39 is 17.7 Å². The molecule has 0 aliphatic rings. The van der Waals surface area contributed by atoms with Crippen LogP contribution in [0.5, 0.6) is 11.5 Å². The largest absolute Gasteiger partial charge is 0.508 e. The van der Waals surface area contributed by atoms with E-state index in [9.17, 15) is 19.8 Å². The van der Waals surface area contributed by atoms with Crippen LogP contribution in [0.15, 0.2) is 18.2 Å². The SMILES string of the molecule is CCCCCCCCN(N)C(=O)NNC(=O)c1ccc(O)cc1O. The van der Waals surface area contributed by atoms with Gasteiger partial charge in [0.1, 0.15) is 11.5 Å². The summed E-state index contributed by atoms with van der Waals surface area (Å²) in [5, 5.41) is 19.7. The molecule has 3 amide bonds. The molecule has 1 aromatic carbocycles. The highest BCUT2D eigenvalue weighted by molar-refractivity contribution is 5.97. The number of nitrogens with one attached hydrogen (secondary N) is 2. The third kappa shape index (κ3) is 6.74. The first-order valence-electron chi connectivity index (χ1n) is 8.10. The molecule has 0 fully saturated rings. The molecule has 24 heavy (non-hydrogen) atoms. The van der Waals surface area contributed by atoms with E-state index in [1.165, 1.54) is 31.4 Å². The standard InChI is InChI=1S/C16H26N4O4/c1-2-3-4-5-6-7-10-20(17)16(24)19-18-15(23)13-9-8-12(21)11-14(13)22/h8-9,11,21-22H,2-7,10,17H2,1H3,(H,18,23)(H,19,24). The third-order valence-electron chi connectivity index (χ3n) is 3.52. The molecule has 0 radical (unpaired) electrons. The zero-order chi connectivity index (χ0) is 17.9. The maximum atomic E-state index is 11.8. The molecule has 0 bridgehead atoms. The third-order valence-corrected chi connectivity index (χ3v) is 3.52. The number of amides is 3. The van der Waals surface area contributed by atoms with E-state index in [1.807, 2.05) is 0 Å². The second-order valence-electron chi connectivity index (χ2n) is 5.55. The van der Waals surface area contributed by atoms with Crippen molar-refractivity contribution in [2.75, 3.05) is 6.54 Å². The molecule has 134 valence electrons. The first kappa shape index (κ1) is 19.6. The van der Waals surface area contributed by atoms with E-state index in [0.717, 1.165) is 30.3 Å². The average molecular weight is 338 g/mol. The van der Waals surface area contributed by atoms with Gasteiger partial charge in [-0.15, -0.1) is 0 Å². The van der Waals surface area contributed by atoms with Crippen LogP contribution in [-0.2, 0) is 0 Å². The van der Waals surface area contributed by atoms with Crippen molar-refractivity contribution in [3.05, 3.63) is 23.8 Å². The molecule has 8 nitrogen and oxygen atoms in total. The number of nitrogens with two attached hydrogens (primary N) is 1. The number of phenolic OH excluding ortho intramolecular Hbond substituents is 2. The zero-order valence-corrected chi connectivity index (χ0v) is 13.9. The van der Waals surface area contributed by atoms with Crippen molar-refractivity contribution < 1.29 is 19.8 Å². The summed E-state index contributed by atoms with van der Waals surface area (Å²) in [6.45, 7) is 2.54. The Morgan fingerprint density at radius 3 is 2.42 bits per heavy atom. The van der Waals surface area contributed by atoms with Crippen molar-refractivity contribution >= 4 is 11.9 Å². The Balaban J connectivity index is 2.30. The number of aromatic hydroxyl groups is 2. The van der Waals surface area contributed by atoms with Crippen molar-refractivity contribution in [1.29, 1.82) is 0 Å². The van der Waals surface area contributed by atoms with E-state index in [-0.39, 0.29) is 11.3 Å². The molecule has 1 aromatic rings. The number of unbranched alkanes of at least 4 members (excludes halogenated alkanes) is 5. The van der Waals surface area contributed by atoms with Gasteiger partial charge in [0.15, 0.2) is 0 Å². The van der Waals surface area contributed by atoms with Crippen LogP contribution in [0.1, 0.15) is 55.8 Å². The molecule has 0 heterocycles. The summed E-state index contributed by atoms with van der Waals surface area (Å²) >= 11 is 0. The van der Waals surface area contributed by atoms with Gasteiger partial charge in [-0.05, 0) is 18.6 Å². The van der Waals surface area contributed by atoms with Crippen molar-refractivity contribution in [2.24, 2.45) is 5.84 Å². The topological polar surface area (TPSA) is 128 Å². The highest BCUT2D eigenvalue weighted by atomic mass is 16.3. The normalized spacial score (nSPS) is 10.2. The summed E-state index contributed by atoms with van der Waals surface area (Å²) in [5.41, 5.74) is 4.25. The number of benzene rings is 1. The van der Waals surface area contributed by atoms with Gasteiger partial charge >= 0.3 is 6.03 Å². The molecule has 0 spiro atoms. The summed E-state index contributed by atoms with van der Waals surface area (Å²) < 4.78 is 0. The van der Waals surface area contributed by atoms with Gasteiger partial charge in [0.25, 0.3) is 5.91 Å². The molecule has 0 aliphatic carbocycles. The fourth-order valence-corrected chi connectivity index (χ4v) is 2.13. The second-order valence-corrected chi connectivity index (χ2v) is 5.55. The van der Waals surface area contributed by atoms with Gasteiger partial charge in [0.2, 0.25) is 0 Å². The quantitative estimate of drug-likeness (QED) is 0.214. The number of nitrogens with zero attached hydrogens (tertiary/aromatic N) is 1. The molecule has 0 saturated heterocycles. The van der Waals surface area contributed by atoms with Gasteiger partial charge in [0, 0.05) is 12.6 Å². The molecular weight excluding hydrogens is 312 g/mol. The van der Waals surface area contributed by atoms with Gasteiger partial charge in [-0.25, -0.2) is 16.1 Å². The van der Waals surface area contributed by atoms with Gasteiger partial charge in [0.05, 0.1) is 5.56 Å². The van der Waals surface area contributed by atoms with Crippen LogP contribution in [0, 0.1) is 0 Å². The smallest absolute Gasteiger partial charge is 0.350 e. The van der Waals surface area contributed by atoms with E-state index >= 15 is 0 Å². The van der Waals surface area contributed by atoms with Crippen LogP contribution in [0.3, 0.4) is 0 Å². The Morgan fingerprint density at radius 1 is 1.08 bits per heavy atom. The lowest BCUT2D eigenvalue weighted by atomic mass is 10.1. The maximum absolute atomic E-state index is 11.8. The number of hydrazine groups is 2. The van der Waals surface area contributed by atoms with Crippen molar-refractivity contribution in [1.82, 2.24) is 15.9 Å². The lowest BCUT2D eigenvalue weighted by Crippen LogP contribution is -2.51. The Bertz CT molecular complexity index is 551. The number of carbonyl (C=O) groups excluding carboxylic acids is 2. The van der Waals surface area contributed by atoms with Crippen LogP contribution < -0.4 is 16.7 Å². The molecule has 0 aliphatic heterocycles. The zero-order valence-electron chi connectivity index (χ0n) is 13.9. The lowest BCUT2D eigenvalue weighted by Gasteiger charge is -2.17. The molecule has 0 unspecified atom stereocenters.